The molecule has 0 aromatic carbocycles. The summed E-state index contributed by atoms with van der Waals surface area (Å²) in [4.78, 5) is 23.1. The first-order valence-electron chi connectivity index (χ1n) is 7.34. The van der Waals surface area contributed by atoms with E-state index in [1.807, 2.05) is 12.3 Å². The van der Waals surface area contributed by atoms with Crippen LogP contribution >= 0.6 is 11.8 Å². The van der Waals surface area contributed by atoms with Crippen molar-refractivity contribution in [1.82, 2.24) is 15.3 Å². The van der Waals surface area contributed by atoms with Crippen molar-refractivity contribution >= 4 is 29.3 Å². The third kappa shape index (κ3) is 3.78. The number of rotatable bonds is 6. The van der Waals surface area contributed by atoms with E-state index in [2.05, 4.69) is 32.4 Å². The average molecular weight is 309 g/mol. The van der Waals surface area contributed by atoms with Crippen LogP contribution in [0, 0.1) is 0 Å². The number of thioether (sulfide) groups is 1. The van der Waals surface area contributed by atoms with Crippen LogP contribution < -0.4 is 15.5 Å². The second-order valence-electron chi connectivity index (χ2n) is 4.99. The molecule has 0 spiro atoms. The summed E-state index contributed by atoms with van der Waals surface area (Å²) in [6.45, 7) is 3.85. The molecule has 2 rings (SSSR count). The molecule has 2 N–H and O–H groups in total. The van der Waals surface area contributed by atoms with E-state index >= 15 is 0 Å². The van der Waals surface area contributed by atoms with Gasteiger partial charge in [-0.1, -0.05) is 18.7 Å². The highest BCUT2D eigenvalue weighted by molar-refractivity contribution is 7.98. The molecule has 1 aromatic heterocycles. The van der Waals surface area contributed by atoms with E-state index in [0.717, 1.165) is 49.1 Å². The van der Waals surface area contributed by atoms with Gasteiger partial charge in [-0.25, -0.2) is 9.97 Å². The molecule has 0 aliphatic carbocycles. The fourth-order valence-electron chi connectivity index (χ4n) is 2.48. The zero-order valence-electron chi connectivity index (χ0n) is 12.8. The van der Waals surface area contributed by atoms with Crippen LogP contribution in [0.5, 0.6) is 0 Å². The zero-order chi connectivity index (χ0) is 15.2. The summed E-state index contributed by atoms with van der Waals surface area (Å²) >= 11 is 1.52. The van der Waals surface area contributed by atoms with Crippen LogP contribution in [0.15, 0.2) is 11.2 Å². The number of hydrogen-bond acceptors (Lipinski definition) is 6. The Morgan fingerprint density at radius 3 is 3.00 bits per heavy atom. The molecule has 1 atom stereocenters. The second kappa shape index (κ2) is 7.49. The van der Waals surface area contributed by atoms with Gasteiger partial charge in [-0.3, -0.25) is 4.79 Å². The van der Waals surface area contributed by atoms with E-state index in [9.17, 15) is 4.79 Å². The van der Waals surface area contributed by atoms with Gasteiger partial charge in [0.1, 0.15) is 17.7 Å². The van der Waals surface area contributed by atoms with Crippen LogP contribution in [0.2, 0.25) is 0 Å². The third-order valence-electron chi connectivity index (χ3n) is 3.53. The van der Waals surface area contributed by atoms with Crippen LogP contribution in [0.1, 0.15) is 26.2 Å². The van der Waals surface area contributed by atoms with Gasteiger partial charge < -0.3 is 15.5 Å². The Morgan fingerprint density at radius 1 is 1.52 bits per heavy atom. The van der Waals surface area contributed by atoms with E-state index in [4.69, 9.17) is 0 Å². The SMILES string of the molecule is CCCNc1cc(N2CCCC2C(=O)NC)nc(SC)n1. The number of anilines is 2. The molecule has 116 valence electrons. The largest absolute Gasteiger partial charge is 0.370 e. The number of carbonyl (C=O) groups is 1. The van der Waals surface area contributed by atoms with E-state index in [1.54, 1.807) is 7.05 Å². The maximum absolute atomic E-state index is 12.0. The Hall–Kier alpha value is -1.50. The maximum atomic E-state index is 12.0. The summed E-state index contributed by atoms with van der Waals surface area (Å²) in [5.74, 6) is 1.72. The van der Waals surface area contributed by atoms with Crippen LogP contribution in [-0.4, -0.2) is 48.3 Å². The molecule has 1 aromatic rings. The van der Waals surface area contributed by atoms with Gasteiger partial charge in [0.15, 0.2) is 5.16 Å². The lowest BCUT2D eigenvalue weighted by Gasteiger charge is -2.25. The lowest BCUT2D eigenvalue weighted by atomic mass is 10.2. The predicted molar refractivity (Wildman–Crippen MR) is 87.0 cm³/mol. The quantitative estimate of drug-likeness (QED) is 0.616. The van der Waals surface area contributed by atoms with Gasteiger partial charge in [-0.05, 0) is 25.5 Å². The summed E-state index contributed by atoms with van der Waals surface area (Å²) < 4.78 is 0. The van der Waals surface area contributed by atoms with Crippen LogP contribution in [0.4, 0.5) is 11.6 Å². The second-order valence-corrected chi connectivity index (χ2v) is 5.76. The molecule has 0 bridgehead atoms. The predicted octanol–water partition coefficient (Wildman–Crippen LogP) is 1.74. The van der Waals surface area contributed by atoms with Crippen LogP contribution in [0.25, 0.3) is 0 Å². The lowest BCUT2D eigenvalue weighted by molar-refractivity contribution is -0.121. The monoisotopic (exact) mass is 309 g/mol. The van der Waals surface area contributed by atoms with Gasteiger partial charge in [-0.15, -0.1) is 0 Å². The van der Waals surface area contributed by atoms with E-state index in [0.29, 0.717) is 0 Å². The molecule has 1 fully saturated rings. The van der Waals surface area contributed by atoms with Crippen molar-refractivity contribution in [3.05, 3.63) is 6.07 Å². The van der Waals surface area contributed by atoms with Gasteiger partial charge in [0, 0.05) is 26.2 Å². The molecule has 21 heavy (non-hydrogen) atoms. The molecule has 0 saturated carbocycles. The molecule has 6 nitrogen and oxygen atoms in total. The summed E-state index contributed by atoms with van der Waals surface area (Å²) in [5, 5.41) is 6.77. The molecule has 7 heteroatoms. The van der Waals surface area contributed by atoms with Crippen molar-refractivity contribution in [1.29, 1.82) is 0 Å². The molecular formula is C14H23N5OS. The van der Waals surface area contributed by atoms with E-state index in [-0.39, 0.29) is 11.9 Å². The minimum atomic E-state index is -0.126. The van der Waals surface area contributed by atoms with Crippen LogP contribution in [-0.2, 0) is 4.79 Å². The smallest absolute Gasteiger partial charge is 0.242 e. The highest BCUT2D eigenvalue weighted by Gasteiger charge is 2.31. The molecular weight excluding hydrogens is 286 g/mol. The first-order valence-corrected chi connectivity index (χ1v) is 8.57. The standard InChI is InChI=1S/C14H23N5OS/c1-4-7-16-11-9-12(18-14(17-11)21-3)19-8-5-6-10(19)13(20)15-2/h9-10H,4-8H2,1-3H3,(H,15,20)(H,16,17,18). The van der Waals surface area contributed by atoms with Crippen molar-refractivity contribution in [3.8, 4) is 0 Å². The van der Waals surface area contributed by atoms with Crippen LogP contribution in [0.3, 0.4) is 0 Å². The normalized spacial score (nSPS) is 17.9. The number of carbonyl (C=O) groups excluding carboxylic acids is 1. The van der Waals surface area contributed by atoms with Gasteiger partial charge in [0.25, 0.3) is 0 Å². The summed E-state index contributed by atoms with van der Waals surface area (Å²) in [6.07, 6.45) is 4.88. The fourth-order valence-corrected chi connectivity index (χ4v) is 2.85. The topological polar surface area (TPSA) is 70.2 Å². The average Bonchev–Trinajstić information content (AvgIpc) is 3.01. The van der Waals surface area contributed by atoms with Gasteiger partial charge in [0.2, 0.25) is 5.91 Å². The van der Waals surface area contributed by atoms with Crippen molar-refractivity contribution in [3.63, 3.8) is 0 Å². The van der Waals surface area contributed by atoms with Crippen molar-refractivity contribution in [2.75, 3.05) is 36.6 Å². The fraction of sp³-hybridized carbons (Fsp3) is 0.643. The van der Waals surface area contributed by atoms with Crippen molar-refractivity contribution in [2.24, 2.45) is 0 Å². The Bertz CT molecular complexity index is 496. The first kappa shape index (κ1) is 15.9. The Morgan fingerprint density at radius 2 is 2.33 bits per heavy atom. The number of nitrogens with zero attached hydrogens (tertiary/aromatic N) is 3. The van der Waals surface area contributed by atoms with Gasteiger partial charge in [0.05, 0.1) is 0 Å². The highest BCUT2D eigenvalue weighted by Crippen LogP contribution is 2.27. The molecule has 1 aliphatic heterocycles. The number of likely N-dealkylation sites (N-methyl/N-ethyl adjacent to an activating group) is 1. The van der Waals surface area contributed by atoms with Gasteiger partial charge in [-0.2, -0.15) is 0 Å². The first-order chi connectivity index (χ1) is 10.2. The lowest BCUT2D eigenvalue weighted by Crippen LogP contribution is -2.42. The Balaban J connectivity index is 2.26. The molecule has 2 heterocycles. The highest BCUT2D eigenvalue weighted by atomic mass is 32.2. The molecule has 1 amide bonds. The van der Waals surface area contributed by atoms with Gasteiger partial charge >= 0.3 is 0 Å². The minimum absolute atomic E-state index is 0.0554. The van der Waals surface area contributed by atoms with Crippen molar-refractivity contribution < 1.29 is 4.79 Å². The number of aromatic nitrogens is 2. The molecule has 1 unspecified atom stereocenters. The van der Waals surface area contributed by atoms with E-state index < -0.39 is 0 Å². The summed E-state index contributed by atoms with van der Waals surface area (Å²) in [6, 6.07) is 1.81. The molecule has 1 aliphatic rings. The number of nitrogens with one attached hydrogen (secondary N) is 2. The Kier molecular flexibility index (Phi) is 5.67. The zero-order valence-corrected chi connectivity index (χ0v) is 13.7. The summed E-state index contributed by atoms with van der Waals surface area (Å²) in [7, 11) is 1.68. The van der Waals surface area contributed by atoms with Crippen molar-refractivity contribution in [2.45, 2.75) is 37.4 Å². The number of amides is 1. The number of hydrogen-bond donors (Lipinski definition) is 2. The minimum Gasteiger partial charge on any atom is -0.370 e. The molecule has 1 saturated heterocycles. The third-order valence-corrected chi connectivity index (χ3v) is 4.07. The summed E-state index contributed by atoms with van der Waals surface area (Å²) in [5.41, 5.74) is 0. The maximum Gasteiger partial charge on any atom is 0.242 e. The van der Waals surface area contributed by atoms with E-state index in [1.165, 1.54) is 11.8 Å². The molecule has 0 radical (unpaired) electrons. The Labute approximate surface area is 130 Å².